The molecule has 0 bridgehead atoms. The monoisotopic (exact) mass is 359 g/mol. The average molecular weight is 359 g/mol. The van der Waals surface area contributed by atoms with E-state index in [1.807, 2.05) is 29.3 Å². The van der Waals surface area contributed by atoms with E-state index in [4.69, 9.17) is 0 Å². The molecule has 0 atom stereocenters. The number of hydrogen-bond acceptors (Lipinski definition) is 3. The van der Waals surface area contributed by atoms with Gasteiger partial charge in [-0.2, -0.15) is 0 Å². The zero-order valence-corrected chi connectivity index (χ0v) is 15.6. The van der Waals surface area contributed by atoms with Crippen LogP contribution in [0.3, 0.4) is 0 Å². The molecule has 0 fully saturated rings. The SMILES string of the molecule is CCCCN(CC)C(=O)c1sc2nc(-c3ccc(F)cc3)cn2c1C. The van der Waals surface area contributed by atoms with E-state index < -0.39 is 0 Å². The molecule has 2 heterocycles. The minimum absolute atomic E-state index is 0.0762. The molecule has 1 amide bonds. The summed E-state index contributed by atoms with van der Waals surface area (Å²) in [5.41, 5.74) is 2.55. The second kappa shape index (κ2) is 7.35. The van der Waals surface area contributed by atoms with Crippen molar-refractivity contribution in [2.45, 2.75) is 33.6 Å². The third-order valence-corrected chi connectivity index (χ3v) is 5.49. The molecule has 2 aromatic heterocycles. The summed E-state index contributed by atoms with van der Waals surface area (Å²) in [6.07, 6.45) is 3.99. The molecule has 3 rings (SSSR count). The lowest BCUT2D eigenvalue weighted by Crippen LogP contribution is -2.31. The predicted molar refractivity (Wildman–Crippen MR) is 99.7 cm³/mol. The maximum atomic E-state index is 13.1. The number of unbranched alkanes of at least 4 members (excludes halogenated alkanes) is 1. The van der Waals surface area contributed by atoms with E-state index in [2.05, 4.69) is 11.9 Å². The molecular formula is C19H22FN3OS. The second-order valence-corrected chi connectivity index (χ2v) is 7.02. The van der Waals surface area contributed by atoms with Crippen molar-refractivity contribution >= 4 is 22.2 Å². The summed E-state index contributed by atoms with van der Waals surface area (Å²) < 4.78 is 15.0. The van der Waals surface area contributed by atoms with E-state index in [9.17, 15) is 9.18 Å². The molecule has 6 heteroatoms. The minimum Gasteiger partial charge on any atom is -0.338 e. The van der Waals surface area contributed by atoms with Crippen molar-refractivity contribution < 1.29 is 9.18 Å². The number of hydrogen-bond donors (Lipinski definition) is 0. The highest BCUT2D eigenvalue weighted by Gasteiger charge is 2.21. The number of aromatic nitrogens is 2. The topological polar surface area (TPSA) is 37.6 Å². The van der Waals surface area contributed by atoms with E-state index in [0.29, 0.717) is 6.54 Å². The van der Waals surface area contributed by atoms with E-state index >= 15 is 0 Å². The molecule has 0 aliphatic carbocycles. The van der Waals surface area contributed by atoms with E-state index in [0.717, 1.165) is 46.2 Å². The van der Waals surface area contributed by atoms with Gasteiger partial charge in [-0.1, -0.05) is 24.7 Å². The largest absolute Gasteiger partial charge is 0.338 e. The molecule has 0 saturated carbocycles. The molecule has 1 aromatic carbocycles. The Morgan fingerprint density at radius 3 is 2.60 bits per heavy atom. The van der Waals surface area contributed by atoms with Gasteiger partial charge < -0.3 is 4.90 Å². The van der Waals surface area contributed by atoms with Gasteiger partial charge in [0.25, 0.3) is 5.91 Å². The van der Waals surface area contributed by atoms with Crippen molar-refractivity contribution in [1.29, 1.82) is 0 Å². The third-order valence-electron chi connectivity index (χ3n) is 4.34. The summed E-state index contributed by atoms with van der Waals surface area (Å²) in [5.74, 6) is -0.187. The van der Waals surface area contributed by atoms with Gasteiger partial charge >= 0.3 is 0 Å². The molecule has 0 radical (unpaired) electrons. The number of nitrogens with zero attached hydrogens (tertiary/aromatic N) is 3. The molecule has 4 nitrogen and oxygen atoms in total. The van der Waals surface area contributed by atoms with Crippen LogP contribution in [0.4, 0.5) is 4.39 Å². The summed E-state index contributed by atoms with van der Waals surface area (Å²) in [4.78, 5) is 20.8. The molecule has 0 saturated heterocycles. The maximum Gasteiger partial charge on any atom is 0.265 e. The number of imidazole rings is 1. The Morgan fingerprint density at radius 2 is 2.00 bits per heavy atom. The van der Waals surface area contributed by atoms with Gasteiger partial charge in [0.05, 0.1) is 5.69 Å². The van der Waals surface area contributed by atoms with Gasteiger partial charge in [0.1, 0.15) is 10.7 Å². The van der Waals surface area contributed by atoms with Crippen LogP contribution in [0.2, 0.25) is 0 Å². The molecule has 0 aliphatic rings. The van der Waals surface area contributed by atoms with Crippen LogP contribution in [0.5, 0.6) is 0 Å². The van der Waals surface area contributed by atoms with E-state index in [-0.39, 0.29) is 11.7 Å². The van der Waals surface area contributed by atoms with Gasteiger partial charge in [-0.3, -0.25) is 9.20 Å². The fourth-order valence-corrected chi connectivity index (χ4v) is 3.88. The number of amides is 1. The molecule has 132 valence electrons. The van der Waals surface area contributed by atoms with E-state index in [1.165, 1.54) is 23.5 Å². The number of rotatable bonds is 6. The van der Waals surface area contributed by atoms with Gasteiger partial charge in [-0.15, -0.1) is 0 Å². The Kier molecular flexibility index (Phi) is 5.18. The Labute approximate surface area is 150 Å². The lowest BCUT2D eigenvalue weighted by atomic mass is 10.2. The number of aryl methyl sites for hydroxylation is 1. The van der Waals surface area contributed by atoms with Crippen molar-refractivity contribution in [1.82, 2.24) is 14.3 Å². The number of carbonyl (C=O) groups is 1. The highest BCUT2D eigenvalue weighted by molar-refractivity contribution is 7.19. The number of fused-ring (bicyclic) bond motifs is 1. The van der Waals surface area contributed by atoms with Crippen LogP contribution in [0.15, 0.2) is 30.5 Å². The zero-order chi connectivity index (χ0) is 18.0. The Bertz CT molecular complexity index is 882. The highest BCUT2D eigenvalue weighted by atomic mass is 32.1. The van der Waals surface area contributed by atoms with Crippen molar-refractivity contribution in [2.75, 3.05) is 13.1 Å². The smallest absolute Gasteiger partial charge is 0.265 e. The van der Waals surface area contributed by atoms with Crippen LogP contribution < -0.4 is 0 Å². The summed E-state index contributed by atoms with van der Waals surface area (Å²) >= 11 is 1.41. The normalized spacial score (nSPS) is 11.2. The Hall–Kier alpha value is -2.21. The van der Waals surface area contributed by atoms with Crippen LogP contribution in [0.25, 0.3) is 16.2 Å². The molecular weight excluding hydrogens is 337 g/mol. The van der Waals surface area contributed by atoms with E-state index in [1.54, 1.807) is 12.1 Å². The van der Waals surface area contributed by atoms with Crippen LogP contribution in [-0.4, -0.2) is 33.3 Å². The second-order valence-electron chi connectivity index (χ2n) is 6.04. The van der Waals surface area contributed by atoms with Crippen molar-refractivity contribution in [2.24, 2.45) is 0 Å². The minimum atomic E-state index is -0.263. The predicted octanol–water partition coefficient (Wildman–Crippen LogP) is 4.77. The molecule has 0 spiro atoms. The van der Waals surface area contributed by atoms with Crippen LogP contribution in [-0.2, 0) is 0 Å². The number of thiazole rings is 1. The third kappa shape index (κ3) is 3.44. The first-order chi connectivity index (χ1) is 12.0. The standard InChI is InChI=1S/C19H22FN3OS/c1-4-6-11-22(5-2)18(24)17-13(3)23-12-16(21-19(23)25-17)14-7-9-15(20)10-8-14/h7-10,12H,4-6,11H2,1-3H3. The number of carbonyl (C=O) groups excluding carboxylic acids is 1. The molecule has 0 N–H and O–H groups in total. The van der Waals surface area contributed by atoms with Crippen molar-refractivity contribution in [3.8, 4) is 11.3 Å². The molecule has 0 aliphatic heterocycles. The van der Waals surface area contributed by atoms with Crippen molar-refractivity contribution in [3.05, 3.63) is 46.9 Å². The van der Waals surface area contributed by atoms with Gasteiger partial charge in [0.15, 0.2) is 4.96 Å². The fraction of sp³-hybridized carbons (Fsp3) is 0.368. The zero-order valence-electron chi connectivity index (χ0n) is 14.8. The first-order valence-electron chi connectivity index (χ1n) is 8.58. The van der Waals surface area contributed by atoms with Gasteiger partial charge in [0, 0.05) is 30.5 Å². The lowest BCUT2D eigenvalue weighted by Gasteiger charge is -2.20. The summed E-state index contributed by atoms with van der Waals surface area (Å²) in [7, 11) is 0. The summed E-state index contributed by atoms with van der Waals surface area (Å²) in [6.45, 7) is 7.57. The summed E-state index contributed by atoms with van der Waals surface area (Å²) in [6, 6.07) is 6.29. The van der Waals surface area contributed by atoms with Crippen LogP contribution >= 0.6 is 11.3 Å². The maximum absolute atomic E-state index is 13.1. The molecule has 0 unspecified atom stereocenters. The number of benzene rings is 1. The average Bonchev–Trinajstić information content (AvgIpc) is 3.16. The highest BCUT2D eigenvalue weighted by Crippen LogP contribution is 2.28. The lowest BCUT2D eigenvalue weighted by molar-refractivity contribution is 0.0766. The van der Waals surface area contributed by atoms with Gasteiger partial charge in [-0.05, 0) is 44.5 Å². The number of halogens is 1. The Balaban J connectivity index is 1.92. The first-order valence-corrected chi connectivity index (χ1v) is 9.40. The van der Waals surface area contributed by atoms with Crippen molar-refractivity contribution in [3.63, 3.8) is 0 Å². The fourth-order valence-electron chi connectivity index (χ4n) is 2.80. The summed E-state index contributed by atoms with van der Waals surface area (Å²) in [5, 5.41) is 0. The molecule has 25 heavy (non-hydrogen) atoms. The quantitative estimate of drug-likeness (QED) is 0.636. The van der Waals surface area contributed by atoms with Gasteiger partial charge in [0.2, 0.25) is 0 Å². The first kappa shape index (κ1) is 17.6. The van der Waals surface area contributed by atoms with Crippen LogP contribution in [0.1, 0.15) is 42.1 Å². The molecule has 3 aromatic rings. The van der Waals surface area contributed by atoms with Gasteiger partial charge in [-0.25, -0.2) is 9.37 Å². The van der Waals surface area contributed by atoms with Crippen LogP contribution in [0, 0.1) is 12.7 Å². The Morgan fingerprint density at radius 1 is 1.28 bits per heavy atom.